The van der Waals surface area contributed by atoms with E-state index in [0.29, 0.717) is 17.0 Å². The molecule has 0 spiro atoms. The molecule has 0 radical (unpaired) electrons. The molecule has 2 heterocycles. The van der Waals surface area contributed by atoms with Crippen LogP contribution < -0.4 is 5.32 Å². The second-order valence-electron chi connectivity index (χ2n) is 5.09. The molecule has 1 aromatic carbocycles. The largest absolute Gasteiger partial charge is 0.416 e. The van der Waals surface area contributed by atoms with Crippen molar-refractivity contribution in [3.8, 4) is 11.3 Å². The van der Waals surface area contributed by atoms with Gasteiger partial charge in [0.05, 0.1) is 16.8 Å². The highest BCUT2D eigenvalue weighted by Gasteiger charge is 2.30. The first-order chi connectivity index (χ1) is 11.8. The average molecular weight is 364 g/mol. The number of hydrogen-bond acceptors (Lipinski definition) is 5. The third-order valence-electron chi connectivity index (χ3n) is 3.37. The van der Waals surface area contributed by atoms with Gasteiger partial charge in [0.25, 0.3) is 5.91 Å². The fourth-order valence-electron chi connectivity index (χ4n) is 2.08. The Labute approximate surface area is 144 Å². The maximum Gasteiger partial charge on any atom is 0.416 e. The van der Waals surface area contributed by atoms with Crippen molar-refractivity contribution >= 4 is 23.1 Å². The van der Waals surface area contributed by atoms with E-state index in [1.807, 2.05) is 0 Å². The van der Waals surface area contributed by atoms with E-state index in [2.05, 4.69) is 20.5 Å². The van der Waals surface area contributed by atoms with Gasteiger partial charge < -0.3 is 5.32 Å². The SMILES string of the molecule is Cc1scnc1C(=O)Nc1ccc(-c2ccc(C(F)(F)F)cc2)nn1. The second-order valence-corrected chi connectivity index (χ2v) is 6.15. The number of amides is 1. The van der Waals surface area contributed by atoms with Gasteiger partial charge in [-0.1, -0.05) is 12.1 Å². The Morgan fingerprint density at radius 1 is 1.08 bits per heavy atom. The molecule has 0 aliphatic carbocycles. The van der Waals surface area contributed by atoms with Crippen molar-refractivity contribution in [2.24, 2.45) is 0 Å². The van der Waals surface area contributed by atoms with E-state index in [-0.39, 0.29) is 5.82 Å². The zero-order valence-corrected chi connectivity index (χ0v) is 13.6. The first kappa shape index (κ1) is 17.0. The Kier molecular flexibility index (Phi) is 4.49. The fraction of sp³-hybridized carbons (Fsp3) is 0.125. The molecule has 3 aromatic rings. The number of hydrogen-bond donors (Lipinski definition) is 1. The van der Waals surface area contributed by atoms with Gasteiger partial charge in [-0.15, -0.1) is 21.5 Å². The number of aryl methyl sites for hydroxylation is 1. The standard InChI is InChI=1S/C16H11F3N4OS/c1-9-14(20-8-25-9)15(24)21-13-7-6-12(22-23-13)10-2-4-11(5-3-10)16(17,18)19/h2-8H,1H3,(H,21,23,24). The van der Waals surface area contributed by atoms with Gasteiger partial charge in [-0.05, 0) is 31.2 Å². The van der Waals surface area contributed by atoms with Gasteiger partial charge in [-0.25, -0.2) is 4.98 Å². The van der Waals surface area contributed by atoms with Gasteiger partial charge in [0, 0.05) is 10.4 Å². The Balaban J connectivity index is 1.74. The lowest BCUT2D eigenvalue weighted by atomic mass is 10.1. The lowest BCUT2D eigenvalue weighted by Crippen LogP contribution is -2.14. The number of rotatable bonds is 3. The molecule has 0 unspecified atom stereocenters. The summed E-state index contributed by atoms with van der Waals surface area (Å²) in [5, 5.41) is 10.4. The van der Waals surface area contributed by atoms with Gasteiger partial charge in [0.1, 0.15) is 5.69 Å². The van der Waals surface area contributed by atoms with Crippen LogP contribution in [0.3, 0.4) is 0 Å². The van der Waals surface area contributed by atoms with Crippen LogP contribution in [0.2, 0.25) is 0 Å². The monoisotopic (exact) mass is 364 g/mol. The molecule has 0 saturated carbocycles. The first-order valence-electron chi connectivity index (χ1n) is 7.07. The predicted molar refractivity (Wildman–Crippen MR) is 87.3 cm³/mol. The first-order valence-corrected chi connectivity index (χ1v) is 7.95. The molecule has 5 nitrogen and oxygen atoms in total. The van der Waals surface area contributed by atoms with Gasteiger partial charge >= 0.3 is 6.18 Å². The minimum atomic E-state index is -4.38. The fourth-order valence-corrected chi connectivity index (χ4v) is 2.65. The molecular formula is C16H11F3N4OS. The third kappa shape index (κ3) is 3.82. The maximum atomic E-state index is 12.6. The summed E-state index contributed by atoms with van der Waals surface area (Å²) in [6.07, 6.45) is -4.38. The summed E-state index contributed by atoms with van der Waals surface area (Å²) in [6, 6.07) is 7.71. The molecule has 3 rings (SSSR count). The molecule has 0 aliphatic rings. The van der Waals surface area contributed by atoms with E-state index < -0.39 is 17.6 Å². The molecule has 2 aromatic heterocycles. The van der Waals surface area contributed by atoms with E-state index in [4.69, 9.17) is 0 Å². The molecule has 128 valence electrons. The van der Waals surface area contributed by atoms with Crippen molar-refractivity contribution < 1.29 is 18.0 Å². The van der Waals surface area contributed by atoms with Crippen molar-refractivity contribution in [2.75, 3.05) is 5.32 Å². The summed E-state index contributed by atoms with van der Waals surface area (Å²) in [6.45, 7) is 1.78. The topological polar surface area (TPSA) is 67.8 Å². The van der Waals surface area contributed by atoms with Crippen LogP contribution in [-0.4, -0.2) is 21.1 Å². The van der Waals surface area contributed by atoms with Crippen molar-refractivity contribution in [1.29, 1.82) is 0 Å². The second kappa shape index (κ2) is 6.60. The van der Waals surface area contributed by atoms with Gasteiger partial charge in [-0.3, -0.25) is 4.79 Å². The zero-order chi connectivity index (χ0) is 18.0. The molecule has 0 saturated heterocycles. The maximum absolute atomic E-state index is 12.6. The summed E-state index contributed by atoms with van der Waals surface area (Å²) in [5.74, 6) is -0.164. The zero-order valence-electron chi connectivity index (χ0n) is 12.8. The predicted octanol–water partition coefficient (Wildman–Crippen LogP) is 4.18. The minimum Gasteiger partial charge on any atom is -0.304 e. The van der Waals surface area contributed by atoms with E-state index in [9.17, 15) is 18.0 Å². The highest BCUT2D eigenvalue weighted by atomic mass is 32.1. The molecule has 25 heavy (non-hydrogen) atoms. The van der Waals surface area contributed by atoms with E-state index in [0.717, 1.165) is 17.0 Å². The number of benzene rings is 1. The normalized spacial score (nSPS) is 11.4. The number of carbonyl (C=O) groups is 1. The number of carbonyl (C=O) groups excluding carboxylic acids is 1. The smallest absolute Gasteiger partial charge is 0.304 e. The molecule has 1 N–H and O–H groups in total. The van der Waals surface area contributed by atoms with Crippen LogP contribution in [0.25, 0.3) is 11.3 Å². The van der Waals surface area contributed by atoms with Gasteiger partial charge in [0.15, 0.2) is 5.82 Å². The Morgan fingerprint density at radius 2 is 1.80 bits per heavy atom. The molecular weight excluding hydrogens is 353 g/mol. The third-order valence-corrected chi connectivity index (χ3v) is 4.13. The lowest BCUT2D eigenvalue weighted by Gasteiger charge is -2.07. The van der Waals surface area contributed by atoms with Crippen LogP contribution in [0, 0.1) is 6.92 Å². The van der Waals surface area contributed by atoms with Crippen LogP contribution >= 0.6 is 11.3 Å². The average Bonchev–Trinajstić information content (AvgIpc) is 3.01. The van der Waals surface area contributed by atoms with E-state index in [1.165, 1.54) is 29.5 Å². The molecule has 0 bridgehead atoms. The Bertz CT molecular complexity index is 889. The number of nitrogens with one attached hydrogen (secondary N) is 1. The Hall–Kier alpha value is -2.81. The summed E-state index contributed by atoms with van der Waals surface area (Å²) in [4.78, 5) is 16.8. The number of alkyl halides is 3. The highest BCUT2D eigenvalue weighted by molar-refractivity contribution is 7.09. The van der Waals surface area contributed by atoms with E-state index >= 15 is 0 Å². The van der Waals surface area contributed by atoms with Crippen molar-refractivity contribution in [1.82, 2.24) is 15.2 Å². The van der Waals surface area contributed by atoms with Gasteiger partial charge in [0.2, 0.25) is 0 Å². The van der Waals surface area contributed by atoms with Crippen molar-refractivity contribution in [3.05, 3.63) is 58.0 Å². The molecule has 0 aliphatic heterocycles. The summed E-state index contributed by atoms with van der Waals surface area (Å²) in [7, 11) is 0. The van der Waals surface area contributed by atoms with Crippen molar-refractivity contribution in [2.45, 2.75) is 13.1 Å². The molecule has 9 heteroatoms. The van der Waals surface area contributed by atoms with Crippen LogP contribution in [0.5, 0.6) is 0 Å². The number of thiazole rings is 1. The Morgan fingerprint density at radius 3 is 2.32 bits per heavy atom. The van der Waals surface area contributed by atoms with Crippen LogP contribution in [-0.2, 0) is 6.18 Å². The van der Waals surface area contributed by atoms with Crippen LogP contribution in [0.4, 0.5) is 19.0 Å². The molecule has 0 atom stereocenters. The number of aromatic nitrogens is 3. The minimum absolute atomic E-state index is 0.230. The number of anilines is 1. The van der Waals surface area contributed by atoms with Crippen LogP contribution in [0.15, 0.2) is 41.9 Å². The van der Waals surface area contributed by atoms with Gasteiger partial charge in [-0.2, -0.15) is 13.2 Å². The quantitative estimate of drug-likeness (QED) is 0.757. The summed E-state index contributed by atoms with van der Waals surface area (Å²) < 4.78 is 37.7. The van der Waals surface area contributed by atoms with E-state index in [1.54, 1.807) is 18.5 Å². The summed E-state index contributed by atoms with van der Waals surface area (Å²) in [5.41, 5.74) is 2.06. The van der Waals surface area contributed by atoms with Crippen molar-refractivity contribution in [3.63, 3.8) is 0 Å². The van der Waals surface area contributed by atoms with Crippen LogP contribution in [0.1, 0.15) is 20.9 Å². The highest BCUT2D eigenvalue weighted by Crippen LogP contribution is 2.30. The number of halogens is 3. The number of nitrogens with zero attached hydrogens (tertiary/aromatic N) is 3. The molecule has 0 fully saturated rings. The summed E-state index contributed by atoms with van der Waals surface area (Å²) >= 11 is 1.36. The lowest BCUT2D eigenvalue weighted by molar-refractivity contribution is -0.137. The molecule has 1 amide bonds.